The van der Waals surface area contributed by atoms with Gasteiger partial charge in [-0.25, -0.2) is 0 Å². The van der Waals surface area contributed by atoms with Gasteiger partial charge in [0.1, 0.15) is 5.75 Å². The van der Waals surface area contributed by atoms with Crippen molar-refractivity contribution in [3.8, 4) is 5.75 Å². The minimum atomic E-state index is -0.170. The molecule has 1 aliphatic carbocycles. The van der Waals surface area contributed by atoms with Crippen LogP contribution in [0.3, 0.4) is 0 Å². The van der Waals surface area contributed by atoms with Gasteiger partial charge in [0.25, 0.3) is 11.8 Å². The standard InChI is InChI=1S/C17H22N2O3/c20-16-11-22-15-10-13(7-8-14(15)19-16)17(21)18-9-3-6-12-4-1-2-5-12/h7-8,10,12H,1-6,9,11H2,(H,18,21)(H,19,20). The molecule has 1 saturated carbocycles. The minimum absolute atomic E-state index is 0.000535. The van der Waals surface area contributed by atoms with Gasteiger partial charge in [0.05, 0.1) is 5.69 Å². The van der Waals surface area contributed by atoms with Crippen molar-refractivity contribution in [3.63, 3.8) is 0 Å². The van der Waals surface area contributed by atoms with E-state index in [2.05, 4.69) is 10.6 Å². The van der Waals surface area contributed by atoms with Crippen LogP contribution in [-0.2, 0) is 4.79 Å². The molecule has 0 atom stereocenters. The van der Waals surface area contributed by atoms with Gasteiger partial charge >= 0.3 is 0 Å². The quantitative estimate of drug-likeness (QED) is 0.822. The molecule has 2 N–H and O–H groups in total. The Kier molecular flexibility index (Phi) is 4.61. The third-order valence-electron chi connectivity index (χ3n) is 4.43. The van der Waals surface area contributed by atoms with E-state index < -0.39 is 0 Å². The largest absolute Gasteiger partial charge is 0.482 e. The summed E-state index contributed by atoms with van der Waals surface area (Å²) in [5, 5.41) is 5.67. The molecule has 1 aliphatic heterocycles. The molecule has 1 aromatic rings. The van der Waals surface area contributed by atoms with Gasteiger partial charge in [0, 0.05) is 12.1 Å². The number of carbonyl (C=O) groups excluding carboxylic acids is 2. The van der Waals surface area contributed by atoms with Crippen LogP contribution in [0.1, 0.15) is 48.9 Å². The Morgan fingerprint density at radius 3 is 2.95 bits per heavy atom. The highest BCUT2D eigenvalue weighted by molar-refractivity contribution is 5.98. The first-order valence-corrected chi connectivity index (χ1v) is 8.07. The van der Waals surface area contributed by atoms with Crippen molar-refractivity contribution >= 4 is 17.5 Å². The number of nitrogens with one attached hydrogen (secondary N) is 2. The van der Waals surface area contributed by atoms with Gasteiger partial charge in [-0.2, -0.15) is 0 Å². The van der Waals surface area contributed by atoms with Crippen LogP contribution in [0.4, 0.5) is 5.69 Å². The highest BCUT2D eigenvalue weighted by Gasteiger charge is 2.18. The number of hydrogen-bond donors (Lipinski definition) is 2. The van der Waals surface area contributed by atoms with Crippen LogP contribution in [0.2, 0.25) is 0 Å². The van der Waals surface area contributed by atoms with Crippen molar-refractivity contribution in [1.29, 1.82) is 0 Å². The Morgan fingerprint density at radius 1 is 1.32 bits per heavy atom. The topological polar surface area (TPSA) is 67.4 Å². The second kappa shape index (κ2) is 6.81. The van der Waals surface area contributed by atoms with Gasteiger partial charge < -0.3 is 15.4 Å². The molecule has 1 heterocycles. The molecule has 0 aromatic heterocycles. The zero-order chi connectivity index (χ0) is 15.4. The fourth-order valence-electron chi connectivity index (χ4n) is 3.21. The van der Waals surface area contributed by atoms with E-state index in [0.29, 0.717) is 23.5 Å². The summed E-state index contributed by atoms with van der Waals surface area (Å²) in [5.74, 6) is 1.15. The Morgan fingerprint density at radius 2 is 2.14 bits per heavy atom. The SMILES string of the molecule is O=C1COc2cc(C(=O)NCCCC3CCCC3)ccc2N1. The third-order valence-corrected chi connectivity index (χ3v) is 4.43. The van der Waals surface area contributed by atoms with Crippen molar-refractivity contribution in [2.75, 3.05) is 18.5 Å². The second-order valence-electron chi connectivity index (χ2n) is 6.10. The van der Waals surface area contributed by atoms with Crippen molar-refractivity contribution < 1.29 is 14.3 Å². The van der Waals surface area contributed by atoms with Crippen molar-refractivity contribution in [2.24, 2.45) is 5.92 Å². The number of anilines is 1. The summed E-state index contributed by atoms with van der Waals surface area (Å²) in [6.07, 6.45) is 7.67. The number of carbonyl (C=O) groups is 2. The lowest BCUT2D eigenvalue weighted by atomic mass is 10.0. The molecule has 1 aromatic carbocycles. The zero-order valence-electron chi connectivity index (χ0n) is 12.7. The summed E-state index contributed by atoms with van der Waals surface area (Å²) in [7, 11) is 0. The van der Waals surface area contributed by atoms with Crippen molar-refractivity contribution in [1.82, 2.24) is 5.32 Å². The minimum Gasteiger partial charge on any atom is -0.482 e. The van der Waals surface area contributed by atoms with Crippen LogP contribution < -0.4 is 15.4 Å². The summed E-state index contributed by atoms with van der Waals surface area (Å²) < 4.78 is 5.33. The Hall–Kier alpha value is -2.04. The molecule has 5 nitrogen and oxygen atoms in total. The summed E-state index contributed by atoms with van der Waals surface area (Å²) in [6.45, 7) is 0.712. The first kappa shape index (κ1) is 14.9. The maximum absolute atomic E-state index is 12.1. The predicted molar refractivity (Wildman–Crippen MR) is 84.1 cm³/mol. The van der Waals surface area contributed by atoms with Crippen molar-refractivity contribution in [3.05, 3.63) is 23.8 Å². The van der Waals surface area contributed by atoms with Gasteiger partial charge in [-0.05, 0) is 37.0 Å². The highest BCUT2D eigenvalue weighted by Crippen LogP contribution is 2.29. The third kappa shape index (κ3) is 3.59. The first-order chi connectivity index (χ1) is 10.7. The summed E-state index contributed by atoms with van der Waals surface area (Å²) in [5.41, 5.74) is 1.18. The first-order valence-electron chi connectivity index (χ1n) is 8.07. The lowest BCUT2D eigenvalue weighted by Crippen LogP contribution is -2.27. The van der Waals surface area contributed by atoms with Crippen LogP contribution in [0, 0.1) is 5.92 Å². The molecule has 22 heavy (non-hydrogen) atoms. The summed E-state index contributed by atoms with van der Waals surface area (Å²) in [4.78, 5) is 23.3. The number of amides is 2. The number of hydrogen-bond acceptors (Lipinski definition) is 3. The number of fused-ring (bicyclic) bond motifs is 1. The Labute approximate surface area is 130 Å². The van der Waals surface area contributed by atoms with E-state index in [4.69, 9.17) is 4.74 Å². The fraction of sp³-hybridized carbons (Fsp3) is 0.529. The predicted octanol–water partition coefficient (Wildman–Crippen LogP) is 2.72. The van der Waals surface area contributed by atoms with Crippen LogP contribution >= 0.6 is 0 Å². The van der Waals surface area contributed by atoms with Crippen LogP contribution in [0.25, 0.3) is 0 Å². The molecule has 0 saturated heterocycles. The van der Waals surface area contributed by atoms with Crippen LogP contribution in [-0.4, -0.2) is 25.0 Å². The van der Waals surface area contributed by atoms with Gasteiger partial charge in [-0.15, -0.1) is 0 Å². The van der Waals surface area contributed by atoms with Crippen LogP contribution in [0.15, 0.2) is 18.2 Å². The van der Waals surface area contributed by atoms with Gasteiger partial charge in [-0.3, -0.25) is 9.59 Å². The smallest absolute Gasteiger partial charge is 0.262 e. The Bertz CT molecular complexity index is 565. The number of rotatable bonds is 5. The monoisotopic (exact) mass is 302 g/mol. The molecule has 0 bridgehead atoms. The number of ether oxygens (including phenoxy) is 1. The molecular formula is C17H22N2O3. The lowest BCUT2D eigenvalue weighted by Gasteiger charge is -2.18. The van der Waals surface area contributed by atoms with E-state index in [1.54, 1.807) is 18.2 Å². The van der Waals surface area contributed by atoms with Crippen molar-refractivity contribution in [2.45, 2.75) is 38.5 Å². The normalized spacial score (nSPS) is 17.5. The zero-order valence-corrected chi connectivity index (χ0v) is 12.7. The molecule has 2 aliphatic rings. The average Bonchev–Trinajstić information content (AvgIpc) is 3.04. The van der Waals surface area contributed by atoms with E-state index in [1.807, 2.05) is 0 Å². The Balaban J connectivity index is 1.48. The second-order valence-corrected chi connectivity index (χ2v) is 6.10. The summed E-state index contributed by atoms with van der Waals surface area (Å²) in [6, 6.07) is 5.10. The molecule has 5 heteroatoms. The lowest BCUT2D eigenvalue weighted by molar-refractivity contribution is -0.118. The van der Waals surface area contributed by atoms with E-state index in [1.165, 1.54) is 32.1 Å². The molecule has 0 spiro atoms. The van der Waals surface area contributed by atoms with Crippen LogP contribution in [0.5, 0.6) is 5.75 Å². The van der Waals surface area contributed by atoms with E-state index >= 15 is 0 Å². The van der Waals surface area contributed by atoms with E-state index in [-0.39, 0.29) is 18.4 Å². The molecule has 118 valence electrons. The molecular weight excluding hydrogens is 280 g/mol. The average molecular weight is 302 g/mol. The van der Waals surface area contributed by atoms with E-state index in [0.717, 1.165) is 12.3 Å². The molecule has 1 fully saturated rings. The molecule has 3 rings (SSSR count). The van der Waals surface area contributed by atoms with Gasteiger partial charge in [0.15, 0.2) is 6.61 Å². The molecule has 0 radical (unpaired) electrons. The van der Waals surface area contributed by atoms with Gasteiger partial charge in [-0.1, -0.05) is 25.7 Å². The fourth-order valence-corrected chi connectivity index (χ4v) is 3.21. The van der Waals surface area contributed by atoms with Gasteiger partial charge in [0.2, 0.25) is 0 Å². The van der Waals surface area contributed by atoms with E-state index in [9.17, 15) is 9.59 Å². The molecule has 2 amide bonds. The number of benzene rings is 1. The maximum atomic E-state index is 12.1. The summed E-state index contributed by atoms with van der Waals surface area (Å²) >= 11 is 0. The highest BCUT2D eigenvalue weighted by atomic mass is 16.5. The molecule has 0 unspecified atom stereocenters. The maximum Gasteiger partial charge on any atom is 0.262 e.